The average molecular weight is 373 g/mol. The van der Waals surface area contributed by atoms with Gasteiger partial charge in [-0.15, -0.1) is 0 Å². The quantitative estimate of drug-likeness (QED) is 0.604. The van der Waals surface area contributed by atoms with E-state index in [-0.39, 0.29) is 0 Å². The lowest BCUT2D eigenvalue weighted by atomic mass is 9.75. The molecule has 1 saturated heterocycles. The molecule has 1 unspecified atom stereocenters. The Labute approximate surface area is 165 Å². The van der Waals surface area contributed by atoms with Crippen molar-refractivity contribution in [2.45, 2.75) is 53.1 Å². The highest BCUT2D eigenvalue weighted by molar-refractivity contribution is 5.44. The predicted octanol–water partition coefficient (Wildman–Crippen LogP) is 6.45. The van der Waals surface area contributed by atoms with Crippen molar-refractivity contribution in [1.29, 1.82) is 0 Å². The van der Waals surface area contributed by atoms with Crippen molar-refractivity contribution in [3.8, 4) is 11.5 Å². The summed E-state index contributed by atoms with van der Waals surface area (Å²) >= 11 is 0. The van der Waals surface area contributed by atoms with Crippen LogP contribution in [0.3, 0.4) is 0 Å². The van der Waals surface area contributed by atoms with Crippen LogP contribution in [-0.4, -0.2) is 20.8 Å². The van der Waals surface area contributed by atoms with E-state index in [4.69, 9.17) is 14.2 Å². The Bertz CT molecular complexity index is 619. The molecule has 0 N–H and O–H groups in total. The SMILES string of the molecule is CC.CC.CCC1CCOC1(c1cccc(OC)c1)c1cccc(OC)c1. The summed E-state index contributed by atoms with van der Waals surface area (Å²) in [6.45, 7) is 11.0. The topological polar surface area (TPSA) is 27.7 Å². The number of ether oxygens (including phenoxy) is 3. The number of benzene rings is 2. The summed E-state index contributed by atoms with van der Waals surface area (Å²) < 4.78 is 17.3. The van der Waals surface area contributed by atoms with Crippen LogP contribution < -0.4 is 9.47 Å². The summed E-state index contributed by atoms with van der Waals surface area (Å²) in [5.41, 5.74) is 1.86. The molecule has 2 aromatic carbocycles. The van der Waals surface area contributed by atoms with Gasteiger partial charge in [0.25, 0.3) is 0 Å². The fraction of sp³-hybridized carbons (Fsp3) is 0.500. The predicted molar refractivity (Wildman–Crippen MR) is 114 cm³/mol. The van der Waals surface area contributed by atoms with Crippen molar-refractivity contribution >= 4 is 0 Å². The first-order valence-corrected chi connectivity index (χ1v) is 10.2. The minimum atomic E-state index is -0.433. The minimum absolute atomic E-state index is 0.432. The van der Waals surface area contributed by atoms with E-state index in [2.05, 4.69) is 31.2 Å². The Morgan fingerprint density at radius 3 is 1.78 bits per heavy atom. The van der Waals surface area contributed by atoms with E-state index in [1.165, 1.54) is 0 Å². The Kier molecular flexibility index (Phi) is 9.95. The van der Waals surface area contributed by atoms with Gasteiger partial charge in [-0.05, 0) is 54.2 Å². The molecule has 3 rings (SSSR count). The molecule has 0 radical (unpaired) electrons. The van der Waals surface area contributed by atoms with Crippen LogP contribution in [-0.2, 0) is 10.3 Å². The maximum atomic E-state index is 6.40. The van der Waals surface area contributed by atoms with Gasteiger partial charge in [0.05, 0.1) is 14.2 Å². The number of rotatable bonds is 5. The maximum Gasteiger partial charge on any atom is 0.121 e. The lowest BCUT2D eigenvalue weighted by molar-refractivity contribution is 0.00883. The summed E-state index contributed by atoms with van der Waals surface area (Å²) in [5.74, 6) is 2.15. The molecule has 0 aromatic heterocycles. The van der Waals surface area contributed by atoms with Crippen molar-refractivity contribution < 1.29 is 14.2 Å². The molecule has 1 aliphatic rings. The van der Waals surface area contributed by atoms with Crippen LogP contribution in [0.2, 0.25) is 0 Å². The van der Waals surface area contributed by atoms with E-state index in [1.54, 1.807) is 14.2 Å². The fourth-order valence-electron chi connectivity index (χ4n) is 3.69. The van der Waals surface area contributed by atoms with Crippen LogP contribution >= 0.6 is 0 Å². The molecule has 1 atom stereocenters. The third-order valence-corrected chi connectivity index (χ3v) is 4.86. The molecular weight excluding hydrogens is 336 g/mol. The smallest absolute Gasteiger partial charge is 0.121 e. The van der Waals surface area contributed by atoms with E-state index in [0.717, 1.165) is 42.1 Å². The third-order valence-electron chi connectivity index (χ3n) is 4.86. The summed E-state index contributed by atoms with van der Waals surface area (Å²) in [5, 5.41) is 0. The molecule has 3 heteroatoms. The second-order valence-corrected chi connectivity index (χ2v) is 5.94. The Morgan fingerprint density at radius 1 is 0.889 bits per heavy atom. The Morgan fingerprint density at radius 2 is 1.37 bits per heavy atom. The lowest BCUT2D eigenvalue weighted by Gasteiger charge is -2.35. The van der Waals surface area contributed by atoms with Gasteiger partial charge < -0.3 is 14.2 Å². The van der Waals surface area contributed by atoms with Gasteiger partial charge in [-0.2, -0.15) is 0 Å². The van der Waals surface area contributed by atoms with Gasteiger partial charge in [-0.3, -0.25) is 0 Å². The molecule has 3 nitrogen and oxygen atoms in total. The highest BCUT2D eigenvalue weighted by atomic mass is 16.5. The molecule has 150 valence electrons. The molecule has 2 aromatic rings. The third kappa shape index (κ3) is 4.84. The summed E-state index contributed by atoms with van der Waals surface area (Å²) in [6, 6.07) is 16.5. The monoisotopic (exact) mass is 372 g/mol. The summed E-state index contributed by atoms with van der Waals surface area (Å²) in [4.78, 5) is 0. The highest BCUT2D eigenvalue weighted by Gasteiger charge is 2.46. The van der Waals surface area contributed by atoms with Crippen LogP contribution in [0, 0.1) is 5.92 Å². The van der Waals surface area contributed by atoms with Crippen molar-refractivity contribution in [2.24, 2.45) is 5.92 Å². The van der Waals surface area contributed by atoms with Gasteiger partial charge in [-0.1, -0.05) is 58.9 Å². The lowest BCUT2D eigenvalue weighted by Crippen LogP contribution is -2.33. The summed E-state index contributed by atoms with van der Waals surface area (Å²) in [7, 11) is 3.40. The minimum Gasteiger partial charge on any atom is -0.497 e. The first-order chi connectivity index (χ1) is 13.2. The van der Waals surface area contributed by atoms with Gasteiger partial charge in [0.2, 0.25) is 0 Å². The molecule has 1 heterocycles. The molecule has 0 saturated carbocycles. The van der Waals surface area contributed by atoms with Crippen LogP contribution in [0.5, 0.6) is 11.5 Å². The standard InChI is InChI=1S/C20H24O3.2C2H6/c1-4-15-11-12-23-20(15,16-7-5-9-18(13-16)21-2)17-8-6-10-19(14-17)22-3;2*1-2/h5-10,13-15H,4,11-12H2,1-3H3;2*1-2H3. The maximum absolute atomic E-state index is 6.40. The molecule has 0 aliphatic carbocycles. The van der Waals surface area contributed by atoms with Crippen molar-refractivity contribution in [1.82, 2.24) is 0 Å². The van der Waals surface area contributed by atoms with Crippen LogP contribution in [0.25, 0.3) is 0 Å². The second kappa shape index (κ2) is 11.7. The van der Waals surface area contributed by atoms with E-state index >= 15 is 0 Å². The van der Waals surface area contributed by atoms with E-state index in [9.17, 15) is 0 Å². The zero-order chi connectivity index (χ0) is 20.3. The van der Waals surface area contributed by atoms with Crippen LogP contribution in [0.15, 0.2) is 48.5 Å². The molecule has 0 amide bonds. The molecular formula is C24H36O3. The van der Waals surface area contributed by atoms with Crippen molar-refractivity contribution in [2.75, 3.05) is 20.8 Å². The van der Waals surface area contributed by atoms with Crippen molar-refractivity contribution in [3.63, 3.8) is 0 Å². The fourth-order valence-corrected chi connectivity index (χ4v) is 3.69. The van der Waals surface area contributed by atoms with Crippen LogP contribution in [0.1, 0.15) is 58.6 Å². The molecule has 27 heavy (non-hydrogen) atoms. The van der Waals surface area contributed by atoms with Gasteiger partial charge in [0.1, 0.15) is 17.1 Å². The number of methoxy groups -OCH3 is 2. The van der Waals surface area contributed by atoms with Gasteiger partial charge in [-0.25, -0.2) is 0 Å². The first-order valence-electron chi connectivity index (χ1n) is 10.2. The van der Waals surface area contributed by atoms with E-state index < -0.39 is 5.60 Å². The van der Waals surface area contributed by atoms with E-state index in [1.807, 2.05) is 52.0 Å². The van der Waals surface area contributed by atoms with Gasteiger partial charge >= 0.3 is 0 Å². The van der Waals surface area contributed by atoms with Gasteiger partial charge in [0, 0.05) is 6.61 Å². The highest BCUT2D eigenvalue weighted by Crippen LogP contribution is 2.49. The normalized spacial score (nSPS) is 17.1. The first kappa shape index (κ1) is 23.0. The van der Waals surface area contributed by atoms with E-state index in [0.29, 0.717) is 5.92 Å². The number of hydrogen-bond acceptors (Lipinski definition) is 3. The molecule has 1 aliphatic heterocycles. The number of hydrogen-bond donors (Lipinski definition) is 0. The zero-order valence-corrected chi connectivity index (χ0v) is 18.0. The van der Waals surface area contributed by atoms with Crippen LogP contribution in [0.4, 0.5) is 0 Å². The van der Waals surface area contributed by atoms with Gasteiger partial charge in [0.15, 0.2) is 0 Å². The average Bonchev–Trinajstić information content (AvgIpc) is 3.22. The zero-order valence-electron chi connectivity index (χ0n) is 18.0. The Balaban J connectivity index is 0.000000855. The molecule has 0 bridgehead atoms. The van der Waals surface area contributed by atoms with Crippen molar-refractivity contribution in [3.05, 3.63) is 59.7 Å². The molecule has 1 fully saturated rings. The second-order valence-electron chi connectivity index (χ2n) is 5.94. The largest absolute Gasteiger partial charge is 0.497 e. The summed E-state index contributed by atoms with van der Waals surface area (Å²) in [6.07, 6.45) is 2.12. The Hall–Kier alpha value is -2.00. The molecule has 0 spiro atoms.